The van der Waals surface area contributed by atoms with E-state index >= 15 is 0 Å². The van der Waals surface area contributed by atoms with Gasteiger partial charge in [-0.3, -0.25) is 14.7 Å². The molecule has 6 heteroatoms. The summed E-state index contributed by atoms with van der Waals surface area (Å²) < 4.78 is 0. The molecule has 1 atom stereocenters. The Hall–Kier alpha value is -1.30. The monoisotopic (exact) mass is 323 g/mol. The number of amides is 1. The van der Waals surface area contributed by atoms with Crippen molar-refractivity contribution >= 4 is 11.9 Å². The molecule has 0 aromatic rings. The van der Waals surface area contributed by atoms with Gasteiger partial charge in [-0.25, -0.2) is 0 Å². The Bertz CT molecular complexity index is 419. The van der Waals surface area contributed by atoms with Crippen molar-refractivity contribution in [2.75, 3.05) is 39.8 Å². The first-order chi connectivity index (χ1) is 11.0. The van der Waals surface area contributed by atoms with Crippen LogP contribution in [0.25, 0.3) is 0 Å². The number of likely N-dealkylation sites (tertiary alicyclic amines) is 1. The maximum Gasteiger partial charge on any atom is 0.225 e. The number of aliphatic imine (C=N–C) groups is 1. The minimum atomic E-state index is 0.0774. The second-order valence-electron chi connectivity index (χ2n) is 6.93. The number of guanidine groups is 1. The van der Waals surface area contributed by atoms with Crippen LogP contribution in [0.3, 0.4) is 0 Å². The molecule has 0 bridgehead atoms. The lowest BCUT2D eigenvalue weighted by Gasteiger charge is -2.22. The smallest absolute Gasteiger partial charge is 0.225 e. The molecule has 2 aliphatic rings. The van der Waals surface area contributed by atoms with Crippen LogP contribution in [-0.4, -0.2) is 73.5 Å². The summed E-state index contributed by atoms with van der Waals surface area (Å²) in [6.07, 6.45) is 3.69. The van der Waals surface area contributed by atoms with Gasteiger partial charge in [-0.15, -0.1) is 0 Å². The van der Waals surface area contributed by atoms with E-state index < -0.39 is 0 Å². The Kier molecular flexibility index (Phi) is 6.69. The lowest BCUT2D eigenvalue weighted by molar-refractivity contribution is -0.133. The van der Waals surface area contributed by atoms with Crippen LogP contribution in [0.15, 0.2) is 4.99 Å². The summed E-state index contributed by atoms with van der Waals surface area (Å²) in [5.74, 6) is 1.18. The van der Waals surface area contributed by atoms with E-state index in [1.165, 1.54) is 12.8 Å². The molecule has 1 aliphatic heterocycles. The summed E-state index contributed by atoms with van der Waals surface area (Å²) in [5, 5.41) is 6.86. The zero-order chi connectivity index (χ0) is 16.8. The van der Waals surface area contributed by atoms with Crippen molar-refractivity contribution in [3.05, 3.63) is 0 Å². The van der Waals surface area contributed by atoms with Crippen LogP contribution in [0, 0.1) is 5.92 Å². The molecule has 2 fully saturated rings. The second kappa shape index (κ2) is 8.52. The number of hydrogen-bond donors (Lipinski definition) is 2. The highest BCUT2D eigenvalue weighted by Crippen LogP contribution is 2.25. The van der Waals surface area contributed by atoms with Crippen LogP contribution in [0.5, 0.6) is 0 Å². The zero-order valence-corrected chi connectivity index (χ0v) is 15.1. The molecular formula is C17H33N5O. The molecule has 0 radical (unpaired) electrons. The van der Waals surface area contributed by atoms with Gasteiger partial charge in [-0.1, -0.05) is 20.8 Å². The average Bonchev–Trinajstić information content (AvgIpc) is 3.28. The van der Waals surface area contributed by atoms with Gasteiger partial charge in [0.1, 0.15) is 0 Å². The fourth-order valence-corrected chi connectivity index (χ4v) is 3.19. The molecule has 1 saturated heterocycles. The molecule has 1 aliphatic carbocycles. The third kappa shape index (κ3) is 5.37. The summed E-state index contributed by atoms with van der Waals surface area (Å²) >= 11 is 0. The van der Waals surface area contributed by atoms with Crippen molar-refractivity contribution < 1.29 is 4.79 Å². The van der Waals surface area contributed by atoms with E-state index in [1.807, 2.05) is 18.7 Å². The Morgan fingerprint density at radius 1 is 1.35 bits per heavy atom. The molecular weight excluding hydrogens is 290 g/mol. The Balaban J connectivity index is 1.69. The van der Waals surface area contributed by atoms with E-state index in [0.29, 0.717) is 6.04 Å². The molecule has 6 nitrogen and oxygen atoms in total. The van der Waals surface area contributed by atoms with Gasteiger partial charge >= 0.3 is 0 Å². The van der Waals surface area contributed by atoms with Crippen molar-refractivity contribution in [1.82, 2.24) is 20.4 Å². The van der Waals surface area contributed by atoms with Crippen LogP contribution in [0.1, 0.15) is 40.0 Å². The SMILES string of the molecule is CCN(CCNC(=NC)NC1CCN(C(=O)C(C)C)C1)C1CC1. The quantitative estimate of drug-likeness (QED) is 0.540. The molecule has 0 spiro atoms. The Morgan fingerprint density at radius 2 is 2.09 bits per heavy atom. The number of carbonyl (C=O) groups is 1. The molecule has 1 amide bonds. The van der Waals surface area contributed by atoms with Crippen molar-refractivity contribution in [2.24, 2.45) is 10.9 Å². The van der Waals surface area contributed by atoms with Crippen molar-refractivity contribution in [3.63, 3.8) is 0 Å². The van der Waals surface area contributed by atoms with Crippen molar-refractivity contribution in [2.45, 2.75) is 52.1 Å². The first-order valence-electron chi connectivity index (χ1n) is 9.05. The molecule has 23 heavy (non-hydrogen) atoms. The first kappa shape index (κ1) is 18.0. The standard InChI is InChI=1S/C17H33N5O/c1-5-21(15-6-7-15)11-9-19-17(18-4)20-14-8-10-22(12-14)16(23)13(2)3/h13-15H,5-12H2,1-4H3,(H2,18,19,20). The predicted molar refractivity (Wildman–Crippen MR) is 94.6 cm³/mol. The van der Waals surface area contributed by atoms with E-state index in [0.717, 1.165) is 51.1 Å². The molecule has 1 saturated carbocycles. The third-order valence-corrected chi connectivity index (χ3v) is 4.72. The second-order valence-corrected chi connectivity index (χ2v) is 6.93. The highest BCUT2D eigenvalue weighted by Gasteiger charge is 2.29. The molecule has 0 aromatic carbocycles. The third-order valence-electron chi connectivity index (χ3n) is 4.72. The van der Waals surface area contributed by atoms with Gasteiger partial charge in [0, 0.05) is 51.2 Å². The minimum Gasteiger partial charge on any atom is -0.355 e. The van der Waals surface area contributed by atoms with Crippen LogP contribution < -0.4 is 10.6 Å². The normalized spacial score (nSPS) is 22.1. The predicted octanol–water partition coefficient (Wildman–Crippen LogP) is 0.893. The van der Waals surface area contributed by atoms with E-state index in [4.69, 9.17) is 0 Å². The molecule has 1 heterocycles. The maximum absolute atomic E-state index is 12.0. The molecule has 2 N–H and O–H groups in total. The van der Waals surface area contributed by atoms with E-state index in [2.05, 4.69) is 27.4 Å². The Labute approximate surface area is 140 Å². The first-order valence-corrected chi connectivity index (χ1v) is 9.05. The number of rotatable bonds is 7. The maximum atomic E-state index is 12.0. The van der Waals surface area contributed by atoms with Gasteiger partial charge in [0.25, 0.3) is 0 Å². The number of likely N-dealkylation sites (N-methyl/N-ethyl adjacent to an activating group) is 1. The van der Waals surface area contributed by atoms with Gasteiger partial charge in [0.05, 0.1) is 0 Å². The summed E-state index contributed by atoms with van der Waals surface area (Å²) in [4.78, 5) is 20.8. The van der Waals surface area contributed by atoms with Gasteiger partial charge in [0.2, 0.25) is 5.91 Å². The highest BCUT2D eigenvalue weighted by atomic mass is 16.2. The van der Waals surface area contributed by atoms with Crippen LogP contribution >= 0.6 is 0 Å². The van der Waals surface area contributed by atoms with Gasteiger partial charge in [-0.05, 0) is 25.8 Å². The molecule has 0 aromatic heterocycles. The summed E-state index contributed by atoms with van der Waals surface area (Å²) in [7, 11) is 1.81. The van der Waals surface area contributed by atoms with E-state index in [1.54, 1.807) is 7.05 Å². The summed E-state index contributed by atoms with van der Waals surface area (Å²) in [5.41, 5.74) is 0. The van der Waals surface area contributed by atoms with Crippen LogP contribution in [0.4, 0.5) is 0 Å². The molecule has 2 rings (SSSR count). The van der Waals surface area contributed by atoms with Gasteiger partial charge in [0.15, 0.2) is 5.96 Å². The van der Waals surface area contributed by atoms with Crippen LogP contribution in [0.2, 0.25) is 0 Å². The molecule has 132 valence electrons. The lowest BCUT2D eigenvalue weighted by Crippen LogP contribution is -2.47. The lowest BCUT2D eigenvalue weighted by atomic mass is 10.2. The van der Waals surface area contributed by atoms with Crippen LogP contribution in [-0.2, 0) is 4.79 Å². The highest BCUT2D eigenvalue weighted by molar-refractivity contribution is 5.81. The largest absolute Gasteiger partial charge is 0.355 e. The molecule has 1 unspecified atom stereocenters. The average molecular weight is 323 g/mol. The number of hydrogen-bond acceptors (Lipinski definition) is 3. The number of carbonyl (C=O) groups excluding carboxylic acids is 1. The minimum absolute atomic E-state index is 0.0774. The fourth-order valence-electron chi connectivity index (χ4n) is 3.19. The van der Waals surface area contributed by atoms with Gasteiger partial charge < -0.3 is 15.5 Å². The Morgan fingerprint density at radius 3 is 2.65 bits per heavy atom. The number of nitrogens with one attached hydrogen (secondary N) is 2. The summed E-state index contributed by atoms with van der Waals surface area (Å²) in [6.45, 7) is 10.9. The summed E-state index contributed by atoms with van der Waals surface area (Å²) in [6, 6.07) is 1.11. The van der Waals surface area contributed by atoms with E-state index in [9.17, 15) is 4.79 Å². The van der Waals surface area contributed by atoms with Gasteiger partial charge in [-0.2, -0.15) is 0 Å². The van der Waals surface area contributed by atoms with Crippen molar-refractivity contribution in [3.8, 4) is 0 Å². The number of nitrogens with zero attached hydrogens (tertiary/aromatic N) is 3. The topological polar surface area (TPSA) is 60.0 Å². The fraction of sp³-hybridized carbons (Fsp3) is 0.882. The van der Waals surface area contributed by atoms with E-state index in [-0.39, 0.29) is 11.8 Å². The van der Waals surface area contributed by atoms with Crippen molar-refractivity contribution in [1.29, 1.82) is 0 Å². The zero-order valence-electron chi connectivity index (χ0n) is 15.1.